The van der Waals surface area contributed by atoms with Gasteiger partial charge in [0.15, 0.2) is 0 Å². The molecule has 0 radical (unpaired) electrons. The van der Waals surface area contributed by atoms with Gasteiger partial charge in [-0.1, -0.05) is 12.1 Å². The molecular weight excluding hydrogens is 344 g/mol. The lowest BCUT2D eigenvalue weighted by Crippen LogP contribution is -2.51. The Morgan fingerprint density at radius 3 is 2.65 bits per heavy atom. The molecular formula is C18H23F2N3O3. The highest BCUT2D eigenvalue weighted by molar-refractivity contribution is 5.80. The van der Waals surface area contributed by atoms with Crippen LogP contribution in [-0.2, 0) is 11.8 Å². The van der Waals surface area contributed by atoms with Gasteiger partial charge in [-0.15, -0.1) is 0 Å². The number of aryl methyl sites for hydroxylation is 1. The quantitative estimate of drug-likeness (QED) is 0.841. The highest BCUT2D eigenvalue weighted by Crippen LogP contribution is 2.42. The van der Waals surface area contributed by atoms with Gasteiger partial charge in [0, 0.05) is 13.6 Å². The van der Waals surface area contributed by atoms with Crippen LogP contribution in [0, 0.1) is 0 Å². The molecule has 1 N–H and O–H groups in total. The Balaban J connectivity index is 1.91. The molecule has 1 atom stereocenters. The lowest BCUT2D eigenvalue weighted by Gasteiger charge is -2.39. The normalized spacial score (nSPS) is 20.4. The molecule has 0 saturated carbocycles. The monoisotopic (exact) mass is 367 g/mol. The van der Waals surface area contributed by atoms with Crippen LogP contribution in [0.25, 0.3) is 11.0 Å². The van der Waals surface area contributed by atoms with Crippen molar-refractivity contribution in [3.05, 3.63) is 34.2 Å². The summed E-state index contributed by atoms with van der Waals surface area (Å²) in [5.41, 5.74) is 0.338. The second kappa shape index (κ2) is 6.10. The largest absolute Gasteiger partial charge is 0.444 e. The van der Waals surface area contributed by atoms with Crippen molar-refractivity contribution in [2.75, 3.05) is 13.1 Å². The maximum Gasteiger partial charge on any atom is 0.410 e. The van der Waals surface area contributed by atoms with Crippen molar-refractivity contribution in [1.29, 1.82) is 0 Å². The average Bonchev–Trinajstić information content (AvgIpc) is 2.80. The van der Waals surface area contributed by atoms with Crippen LogP contribution in [0.4, 0.5) is 13.6 Å². The third kappa shape index (κ3) is 3.32. The van der Waals surface area contributed by atoms with Crippen LogP contribution in [0.2, 0.25) is 0 Å². The summed E-state index contributed by atoms with van der Waals surface area (Å²) in [5, 5.41) is 0. The molecule has 26 heavy (non-hydrogen) atoms. The SMILES string of the molecule is Cn1c(=O)[nH]c2cccc(C3CCN(C(=O)OC(C)(C)C)CC3(F)F)c21. The molecule has 1 saturated heterocycles. The summed E-state index contributed by atoms with van der Waals surface area (Å²) in [6.07, 6.45) is -0.645. The van der Waals surface area contributed by atoms with Crippen molar-refractivity contribution in [2.45, 2.75) is 44.6 Å². The number of nitrogens with zero attached hydrogens (tertiary/aromatic N) is 2. The summed E-state index contributed by atoms with van der Waals surface area (Å²) in [4.78, 5) is 27.7. The Labute approximate surface area is 149 Å². The van der Waals surface area contributed by atoms with E-state index in [1.165, 1.54) is 4.57 Å². The topological polar surface area (TPSA) is 67.3 Å². The van der Waals surface area contributed by atoms with E-state index in [4.69, 9.17) is 4.74 Å². The molecule has 1 fully saturated rings. The number of para-hydroxylation sites is 1. The average molecular weight is 367 g/mol. The number of piperidine rings is 1. The number of carbonyl (C=O) groups excluding carboxylic acids is 1. The maximum atomic E-state index is 14.9. The molecule has 2 heterocycles. The lowest BCUT2D eigenvalue weighted by molar-refractivity contribution is -0.0846. The van der Waals surface area contributed by atoms with Crippen LogP contribution in [-0.4, -0.2) is 45.2 Å². The van der Waals surface area contributed by atoms with Gasteiger partial charge in [0.1, 0.15) is 5.60 Å². The molecule has 1 aliphatic heterocycles. The summed E-state index contributed by atoms with van der Waals surface area (Å²) in [6.45, 7) is 4.56. The van der Waals surface area contributed by atoms with Crippen molar-refractivity contribution in [3.8, 4) is 0 Å². The number of hydrogen-bond donors (Lipinski definition) is 1. The molecule has 1 amide bonds. The first-order chi connectivity index (χ1) is 12.0. The number of halogens is 2. The minimum atomic E-state index is -3.13. The van der Waals surface area contributed by atoms with Crippen molar-refractivity contribution < 1.29 is 18.3 Å². The summed E-state index contributed by atoms with van der Waals surface area (Å²) in [6, 6.07) is 4.97. The molecule has 0 bridgehead atoms. The van der Waals surface area contributed by atoms with E-state index in [0.717, 1.165) is 4.90 Å². The zero-order chi connectivity index (χ0) is 19.3. The number of hydrogen-bond acceptors (Lipinski definition) is 3. The van der Waals surface area contributed by atoms with Crippen LogP contribution in [0.5, 0.6) is 0 Å². The van der Waals surface area contributed by atoms with Crippen LogP contribution in [0.3, 0.4) is 0 Å². The number of benzene rings is 1. The van der Waals surface area contributed by atoms with Gasteiger partial charge in [0.2, 0.25) is 0 Å². The molecule has 8 heteroatoms. The highest BCUT2D eigenvalue weighted by Gasteiger charge is 2.48. The number of aromatic nitrogens is 2. The minimum Gasteiger partial charge on any atom is -0.444 e. The Kier molecular flexibility index (Phi) is 4.32. The van der Waals surface area contributed by atoms with E-state index in [1.807, 2.05) is 0 Å². The van der Waals surface area contributed by atoms with Gasteiger partial charge in [-0.05, 0) is 38.8 Å². The zero-order valence-electron chi connectivity index (χ0n) is 15.3. The second-order valence-electron chi connectivity index (χ2n) is 7.74. The number of ether oxygens (including phenoxy) is 1. The van der Waals surface area contributed by atoms with E-state index in [-0.39, 0.29) is 18.7 Å². The number of H-pyrrole nitrogens is 1. The Morgan fingerprint density at radius 2 is 2.04 bits per heavy atom. The minimum absolute atomic E-state index is 0.0880. The Hall–Kier alpha value is -2.38. The summed E-state index contributed by atoms with van der Waals surface area (Å²) in [5.74, 6) is -4.21. The molecule has 1 aromatic carbocycles. The fourth-order valence-electron chi connectivity index (χ4n) is 3.42. The number of nitrogens with one attached hydrogen (secondary N) is 1. The first-order valence-electron chi connectivity index (χ1n) is 8.53. The van der Waals surface area contributed by atoms with Crippen molar-refractivity contribution >= 4 is 17.1 Å². The number of carbonyl (C=O) groups is 1. The van der Waals surface area contributed by atoms with E-state index < -0.39 is 30.1 Å². The molecule has 0 aliphatic carbocycles. The van der Waals surface area contributed by atoms with E-state index in [9.17, 15) is 18.4 Å². The first-order valence-corrected chi connectivity index (χ1v) is 8.53. The summed E-state index contributed by atoms with van der Waals surface area (Å²) < 4.78 is 36.4. The number of aromatic amines is 1. The Bertz CT molecular complexity index is 895. The van der Waals surface area contributed by atoms with Gasteiger partial charge < -0.3 is 14.6 Å². The van der Waals surface area contributed by atoms with Crippen molar-refractivity contribution in [1.82, 2.24) is 14.5 Å². The first kappa shape index (κ1) is 18.4. The van der Waals surface area contributed by atoms with E-state index in [2.05, 4.69) is 4.98 Å². The molecule has 3 rings (SSSR count). The molecule has 0 spiro atoms. The van der Waals surface area contributed by atoms with Crippen LogP contribution in [0.15, 0.2) is 23.0 Å². The van der Waals surface area contributed by atoms with Crippen LogP contribution in [0.1, 0.15) is 38.7 Å². The van der Waals surface area contributed by atoms with E-state index >= 15 is 0 Å². The predicted octanol–water partition coefficient (Wildman–Crippen LogP) is 3.23. The van der Waals surface area contributed by atoms with Gasteiger partial charge in [-0.2, -0.15) is 0 Å². The smallest absolute Gasteiger partial charge is 0.410 e. The van der Waals surface area contributed by atoms with Crippen molar-refractivity contribution in [2.24, 2.45) is 7.05 Å². The number of fused-ring (bicyclic) bond motifs is 1. The predicted molar refractivity (Wildman–Crippen MR) is 93.7 cm³/mol. The van der Waals surface area contributed by atoms with Gasteiger partial charge in [0.25, 0.3) is 5.92 Å². The number of amides is 1. The molecule has 2 aromatic rings. The summed E-state index contributed by atoms with van der Waals surface area (Å²) >= 11 is 0. The molecule has 1 aromatic heterocycles. The third-order valence-electron chi connectivity index (χ3n) is 4.58. The standard InChI is InChI=1S/C18H23F2N3O3/c1-17(2,3)26-16(25)23-9-8-12(18(19,20)10-23)11-6-5-7-13-14(11)22(4)15(24)21-13/h5-7,12H,8-10H2,1-4H3,(H,21,24). The van der Waals surface area contributed by atoms with Gasteiger partial charge in [-0.25, -0.2) is 18.4 Å². The Morgan fingerprint density at radius 1 is 1.35 bits per heavy atom. The fourth-order valence-corrected chi connectivity index (χ4v) is 3.42. The second-order valence-corrected chi connectivity index (χ2v) is 7.74. The van der Waals surface area contributed by atoms with E-state index in [1.54, 1.807) is 46.0 Å². The van der Waals surface area contributed by atoms with Crippen LogP contribution < -0.4 is 5.69 Å². The number of likely N-dealkylation sites (tertiary alicyclic amines) is 1. The third-order valence-corrected chi connectivity index (χ3v) is 4.58. The van der Waals surface area contributed by atoms with Crippen molar-refractivity contribution in [3.63, 3.8) is 0 Å². The summed E-state index contributed by atoms with van der Waals surface area (Å²) in [7, 11) is 1.55. The fraction of sp³-hybridized carbons (Fsp3) is 0.556. The highest BCUT2D eigenvalue weighted by atomic mass is 19.3. The molecule has 142 valence electrons. The van der Waals surface area contributed by atoms with Crippen LogP contribution >= 0.6 is 0 Å². The maximum absolute atomic E-state index is 14.9. The molecule has 6 nitrogen and oxygen atoms in total. The van der Waals surface area contributed by atoms with Gasteiger partial charge in [-0.3, -0.25) is 4.57 Å². The lowest BCUT2D eigenvalue weighted by atomic mass is 9.85. The number of imidazole rings is 1. The molecule has 1 unspecified atom stereocenters. The number of rotatable bonds is 1. The molecule has 1 aliphatic rings. The van der Waals surface area contributed by atoms with Gasteiger partial charge in [0.05, 0.1) is 23.5 Å². The zero-order valence-corrected chi connectivity index (χ0v) is 15.3. The van der Waals surface area contributed by atoms with E-state index in [0.29, 0.717) is 16.6 Å². The number of alkyl halides is 2. The van der Waals surface area contributed by atoms with Gasteiger partial charge >= 0.3 is 11.8 Å².